The molecule has 2 aromatic carbocycles. The van der Waals surface area contributed by atoms with Crippen LogP contribution in [0.4, 0.5) is 0 Å². The average molecular weight is 540 g/mol. The van der Waals surface area contributed by atoms with E-state index in [2.05, 4.69) is 19.3 Å². The molecule has 0 aromatic heterocycles. The molecule has 198 valence electrons. The number of benzene rings is 2. The van der Waals surface area contributed by atoms with Gasteiger partial charge < -0.3 is 30.2 Å². The monoisotopic (exact) mass is 539 g/mol. The van der Waals surface area contributed by atoms with E-state index in [9.17, 15) is 15.3 Å². The van der Waals surface area contributed by atoms with E-state index in [0.717, 1.165) is 16.8 Å². The number of aliphatic hydroxyl groups excluding tert-OH is 3. The molecule has 10 heteroatoms. The highest BCUT2D eigenvalue weighted by Gasteiger charge is 2.26. The third-order valence-electron chi connectivity index (χ3n) is 6.31. The standard InChI is InChI=1S/C26H35Cl2N3O5/c1-17-24(14-32)29-30(4)31(17)13-21(34)16-35-22-8-5-18(6-9-22)26(2,3)19-7-10-25(23(28)11-19)36-15-20(33)12-27/h5-11,20-21,29,32-34H,12-16H2,1-4H3. The number of hydrogen-bond donors (Lipinski definition) is 4. The Labute approximate surface area is 222 Å². The fraction of sp³-hybridized carbons (Fsp3) is 0.462. The Morgan fingerprint density at radius 1 is 1.00 bits per heavy atom. The van der Waals surface area contributed by atoms with Crippen molar-refractivity contribution in [2.45, 2.75) is 38.4 Å². The number of hydrogen-bond acceptors (Lipinski definition) is 8. The van der Waals surface area contributed by atoms with Crippen LogP contribution >= 0.6 is 23.2 Å². The van der Waals surface area contributed by atoms with Crippen LogP contribution in [-0.4, -0.2) is 76.9 Å². The maximum Gasteiger partial charge on any atom is 0.138 e. The molecule has 1 heterocycles. The van der Waals surface area contributed by atoms with Gasteiger partial charge in [-0.1, -0.05) is 43.6 Å². The topological polar surface area (TPSA) is 97.7 Å². The van der Waals surface area contributed by atoms with Gasteiger partial charge in [-0.2, -0.15) is 0 Å². The van der Waals surface area contributed by atoms with Crippen LogP contribution in [0.1, 0.15) is 31.9 Å². The molecule has 0 fully saturated rings. The maximum atomic E-state index is 10.5. The minimum Gasteiger partial charge on any atom is -0.491 e. The number of ether oxygens (including phenoxy) is 2. The van der Waals surface area contributed by atoms with Crippen LogP contribution in [0.15, 0.2) is 53.9 Å². The van der Waals surface area contributed by atoms with Crippen molar-refractivity contribution in [3.05, 3.63) is 70.0 Å². The predicted molar refractivity (Wildman–Crippen MR) is 141 cm³/mol. The quantitative estimate of drug-likeness (QED) is 0.305. The lowest BCUT2D eigenvalue weighted by Gasteiger charge is -2.29. The van der Waals surface area contributed by atoms with Gasteiger partial charge in [0, 0.05) is 12.5 Å². The third-order valence-corrected chi connectivity index (χ3v) is 6.96. The molecule has 0 bridgehead atoms. The van der Waals surface area contributed by atoms with Gasteiger partial charge in [-0.05, 0) is 42.3 Å². The van der Waals surface area contributed by atoms with Gasteiger partial charge in [0.15, 0.2) is 0 Å². The number of alkyl halides is 1. The molecular weight excluding hydrogens is 505 g/mol. The lowest BCUT2D eigenvalue weighted by molar-refractivity contribution is -0.0228. The highest BCUT2D eigenvalue weighted by Crippen LogP contribution is 2.36. The Hall–Kier alpha value is -2.20. The smallest absolute Gasteiger partial charge is 0.138 e. The van der Waals surface area contributed by atoms with E-state index < -0.39 is 12.2 Å². The van der Waals surface area contributed by atoms with Gasteiger partial charge in [-0.25, -0.2) is 0 Å². The summed E-state index contributed by atoms with van der Waals surface area (Å²) in [6.07, 6.45) is -1.48. The lowest BCUT2D eigenvalue weighted by Crippen LogP contribution is -2.44. The van der Waals surface area contributed by atoms with Crippen LogP contribution in [0, 0.1) is 0 Å². The SMILES string of the molecule is CC1=C(CO)NN(C)N1CC(O)COc1ccc(C(C)(C)c2ccc(OCC(O)CCl)c(Cl)c2)cc1. The van der Waals surface area contributed by atoms with Crippen LogP contribution < -0.4 is 14.9 Å². The first kappa shape index (κ1) is 28.4. The molecule has 0 saturated heterocycles. The van der Waals surface area contributed by atoms with Crippen molar-refractivity contribution in [2.75, 3.05) is 39.3 Å². The second kappa shape index (κ2) is 12.4. The minimum absolute atomic E-state index is 0.0771. The average Bonchev–Trinajstić information content (AvgIpc) is 3.14. The number of aliphatic hydroxyl groups is 3. The van der Waals surface area contributed by atoms with Crippen molar-refractivity contribution in [3.63, 3.8) is 0 Å². The summed E-state index contributed by atoms with van der Waals surface area (Å²) >= 11 is 12.0. The first-order valence-electron chi connectivity index (χ1n) is 11.7. The zero-order valence-corrected chi connectivity index (χ0v) is 22.6. The molecule has 2 atom stereocenters. The van der Waals surface area contributed by atoms with Crippen LogP contribution in [0.3, 0.4) is 0 Å². The van der Waals surface area contributed by atoms with E-state index in [1.165, 1.54) is 0 Å². The third kappa shape index (κ3) is 6.76. The van der Waals surface area contributed by atoms with Crippen LogP contribution in [0.2, 0.25) is 5.02 Å². The Balaban J connectivity index is 1.59. The van der Waals surface area contributed by atoms with Gasteiger partial charge in [0.1, 0.15) is 36.9 Å². The minimum atomic E-state index is -0.751. The molecule has 0 radical (unpaired) electrons. The Kier molecular flexibility index (Phi) is 9.74. The summed E-state index contributed by atoms with van der Waals surface area (Å²) in [5.41, 5.74) is 6.35. The number of allylic oxidation sites excluding steroid dienone is 1. The number of nitrogens with one attached hydrogen (secondary N) is 1. The Bertz CT molecular complexity index is 1050. The molecule has 36 heavy (non-hydrogen) atoms. The van der Waals surface area contributed by atoms with Crippen LogP contribution in [0.5, 0.6) is 11.5 Å². The van der Waals surface area contributed by atoms with E-state index in [-0.39, 0.29) is 31.1 Å². The molecule has 8 nitrogen and oxygen atoms in total. The molecule has 4 N–H and O–H groups in total. The zero-order chi connectivity index (χ0) is 26.5. The first-order valence-corrected chi connectivity index (χ1v) is 12.6. The fourth-order valence-corrected chi connectivity index (χ4v) is 4.27. The molecule has 0 amide bonds. The summed E-state index contributed by atoms with van der Waals surface area (Å²) in [6.45, 7) is 6.54. The van der Waals surface area contributed by atoms with Gasteiger partial charge >= 0.3 is 0 Å². The summed E-state index contributed by atoms with van der Waals surface area (Å²) in [5.74, 6) is 1.25. The van der Waals surface area contributed by atoms with Crippen molar-refractivity contribution in [1.29, 1.82) is 0 Å². The zero-order valence-electron chi connectivity index (χ0n) is 21.0. The van der Waals surface area contributed by atoms with E-state index >= 15 is 0 Å². The van der Waals surface area contributed by atoms with Gasteiger partial charge in [-0.3, -0.25) is 5.01 Å². The first-order chi connectivity index (χ1) is 17.1. The fourth-order valence-electron chi connectivity index (χ4n) is 3.94. The van der Waals surface area contributed by atoms with Crippen molar-refractivity contribution in [2.24, 2.45) is 0 Å². The van der Waals surface area contributed by atoms with E-state index in [1.54, 1.807) is 11.2 Å². The molecular formula is C26H35Cl2N3O5. The normalized spacial score (nSPS) is 16.2. The van der Waals surface area contributed by atoms with Crippen molar-refractivity contribution >= 4 is 23.2 Å². The molecule has 2 unspecified atom stereocenters. The second-order valence-corrected chi connectivity index (χ2v) is 10.0. The predicted octanol–water partition coefficient (Wildman–Crippen LogP) is 3.27. The molecule has 0 spiro atoms. The van der Waals surface area contributed by atoms with Crippen molar-refractivity contribution in [1.82, 2.24) is 15.6 Å². The molecule has 3 rings (SSSR count). The molecule has 0 saturated carbocycles. The highest BCUT2D eigenvalue weighted by molar-refractivity contribution is 6.32. The van der Waals surface area contributed by atoms with E-state index in [0.29, 0.717) is 28.8 Å². The number of halogens is 2. The number of rotatable bonds is 12. The van der Waals surface area contributed by atoms with Gasteiger partial charge in [0.2, 0.25) is 0 Å². The van der Waals surface area contributed by atoms with Gasteiger partial charge in [-0.15, -0.1) is 16.7 Å². The molecule has 0 aliphatic carbocycles. The molecule has 2 aromatic rings. The maximum absolute atomic E-state index is 10.5. The lowest BCUT2D eigenvalue weighted by atomic mass is 9.78. The van der Waals surface area contributed by atoms with Crippen LogP contribution in [-0.2, 0) is 5.41 Å². The summed E-state index contributed by atoms with van der Waals surface area (Å²) in [5, 5.41) is 33.5. The molecule has 1 aliphatic rings. The number of β-amino-alcohol motifs (C(OH)–C–C–N with tert-alkyl or cyclic N) is 1. The van der Waals surface area contributed by atoms with Gasteiger partial charge in [0.05, 0.1) is 35.4 Å². The van der Waals surface area contributed by atoms with E-state index in [4.69, 9.17) is 32.7 Å². The molecule has 1 aliphatic heterocycles. The summed E-state index contributed by atoms with van der Waals surface area (Å²) in [4.78, 5) is 0. The van der Waals surface area contributed by atoms with E-state index in [1.807, 2.05) is 55.4 Å². The second-order valence-electron chi connectivity index (χ2n) is 9.32. The van der Waals surface area contributed by atoms with Crippen molar-refractivity contribution in [3.8, 4) is 11.5 Å². The summed E-state index contributed by atoms with van der Waals surface area (Å²) in [7, 11) is 1.82. The number of hydrazine groups is 2. The van der Waals surface area contributed by atoms with Crippen LogP contribution in [0.25, 0.3) is 0 Å². The Morgan fingerprint density at radius 2 is 1.64 bits per heavy atom. The summed E-state index contributed by atoms with van der Waals surface area (Å²) < 4.78 is 11.4. The number of nitrogens with zero attached hydrogens (tertiary/aromatic N) is 2. The largest absolute Gasteiger partial charge is 0.491 e. The van der Waals surface area contributed by atoms with Crippen molar-refractivity contribution < 1.29 is 24.8 Å². The summed E-state index contributed by atoms with van der Waals surface area (Å²) in [6, 6.07) is 13.4. The van der Waals surface area contributed by atoms with Gasteiger partial charge in [0.25, 0.3) is 0 Å². The highest BCUT2D eigenvalue weighted by atomic mass is 35.5. The Morgan fingerprint density at radius 3 is 2.22 bits per heavy atom.